The minimum Gasteiger partial charge on any atom is -0.289 e. The molecule has 4 aliphatic rings. The maximum Gasteiger partial charge on any atom is 0.187 e. The lowest BCUT2D eigenvalue weighted by Gasteiger charge is -2.29. The molecule has 1 aromatic carbocycles. The molecule has 3 nitrogen and oxygen atoms in total. The molecule has 0 saturated heterocycles. The van der Waals surface area contributed by atoms with Gasteiger partial charge < -0.3 is 0 Å². The minimum absolute atomic E-state index is 0.000893. The van der Waals surface area contributed by atoms with E-state index < -0.39 is 9.84 Å². The molecule has 2 unspecified atom stereocenters. The number of fused-ring (bicyclic) bond motifs is 4. The zero-order valence-corrected chi connectivity index (χ0v) is 17.8. The molecule has 150 valence electrons. The Bertz CT molecular complexity index is 1240. The molecule has 1 saturated carbocycles. The van der Waals surface area contributed by atoms with Crippen molar-refractivity contribution in [2.75, 3.05) is 12.0 Å². The van der Waals surface area contributed by atoms with Crippen LogP contribution in [0.4, 0.5) is 0 Å². The molecule has 4 heteroatoms. The van der Waals surface area contributed by atoms with Gasteiger partial charge in [-0.3, -0.25) is 4.79 Å². The van der Waals surface area contributed by atoms with Gasteiger partial charge in [0.25, 0.3) is 0 Å². The Balaban J connectivity index is 1.79. The van der Waals surface area contributed by atoms with Gasteiger partial charge in [-0.1, -0.05) is 56.2 Å². The van der Waals surface area contributed by atoms with Crippen LogP contribution < -0.4 is 10.4 Å². The van der Waals surface area contributed by atoms with Crippen molar-refractivity contribution in [3.05, 3.63) is 69.7 Å². The monoisotopic (exact) mass is 406 g/mol. The van der Waals surface area contributed by atoms with Gasteiger partial charge in [-0.2, -0.15) is 0 Å². The van der Waals surface area contributed by atoms with Crippen LogP contribution in [0.1, 0.15) is 54.4 Å². The zero-order chi connectivity index (χ0) is 20.3. The summed E-state index contributed by atoms with van der Waals surface area (Å²) in [6.45, 7) is 2.09. The fraction of sp³-hybridized carbons (Fsp3) is 0.400. The molecule has 0 amide bonds. The Labute approximate surface area is 172 Å². The molecule has 0 N–H and O–H groups in total. The number of hydrogen-bond acceptors (Lipinski definition) is 3. The molecule has 2 atom stereocenters. The van der Waals surface area contributed by atoms with Gasteiger partial charge >= 0.3 is 0 Å². The number of rotatable bonds is 4. The summed E-state index contributed by atoms with van der Waals surface area (Å²) < 4.78 is 23.9. The van der Waals surface area contributed by atoms with Crippen LogP contribution in [0.3, 0.4) is 0 Å². The molecule has 0 spiro atoms. The molecule has 0 bridgehead atoms. The lowest BCUT2D eigenvalue weighted by Crippen LogP contribution is -2.34. The third-order valence-corrected chi connectivity index (χ3v) is 7.46. The predicted octanol–water partition coefficient (Wildman–Crippen LogP) is 3.20. The van der Waals surface area contributed by atoms with Gasteiger partial charge in [0.05, 0.1) is 5.75 Å². The average Bonchev–Trinajstić information content (AvgIpc) is 3.46. The van der Waals surface area contributed by atoms with Crippen molar-refractivity contribution in [1.29, 1.82) is 0 Å². The molecule has 0 aliphatic heterocycles. The number of sulfone groups is 1. The minimum atomic E-state index is -3.15. The van der Waals surface area contributed by atoms with Crippen LogP contribution in [0.2, 0.25) is 0 Å². The van der Waals surface area contributed by atoms with E-state index in [1.807, 2.05) is 18.2 Å². The fourth-order valence-corrected chi connectivity index (χ4v) is 6.02. The summed E-state index contributed by atoms with van der Waals surface area (Å²) in [4.78, 5) is 13.2. The van der Waals surface area contributed by atoms with Crippen molar-refractivity contribution in [3.8, 4) is 0 Å². The van der Waals surface area contributed by atoms with Crippen LogP contribution in [0.5, 0.6) is 0 Å². The normalized spacial score (nSPS) is 25.4. The molecule has 0 aromatic heterocycles. The Morgan fingerprint density at radius 2 is 1.86 bits per heavy atom. The van der Waals surface area contributed by atoms with Crippen LogP contribution in [0.15, 0.2) is 48.1 Å². The van der Waals surface area contributed by atoms with Crippen LogP contribution in [-0.4, -0.2) is 26.2 Å². The topological polar surface area (TPSA) is 51.2 Å². The largest absolute Gasteiger partial charge is 0.289 e. The van der Waals surface area contributed by atoms with Crippen molar-refractivity contribution < 1.29 is 13.2 Å². The summed E-state index contributed by atoms with van der Waals surface area (Å²) in [7, 11) is -3.15. The second-order valence-corrected chi connectivity index (χ2v) is 11.2. The maximum absolute atomic E-state index is 13.2. The number of hydrogen-bond donors (Lipinski definition) is 0. The van der Waals surface area contributed by atoms with Gasteiger partial charge in [0.2, 0.25) is 0 Å². The first-order chi connectivity index (χ1) is 13.8. The molecular formula is C25H26O3S. The van der Waals surface area contributed by atoms with Crippen molar-refractivity contribution in [2.24, 2.45) is 11.8 Å². The van der Waals surface area contributed by atoms with Crippen LogP contribution in [0, 0.1) is 11.8 Å². The molecule has 29 heavy (non-hydrogen) atoms. The van der Waals surface area contributed by atoms with Crippen LogP contribution >= 0.6 is 0 Å². The highest BCUT2D eigenvalue weighted by Gasteiger charge is 2.33. The Kier molecular flexibility index (Phi) is 4.32. The van der Waals surface area contributed by atoms with E-state index in [-0.39, 0.29) is 17.5 Å². The smallest absolute Gasteiger partial charge is 0.187 e. The van der Waals surface area contributed by atoms with E-state index in [1.54, 1.807) is 6.08 Å². The van der Waals surface area contributed by atoms with Gasteiger partial charge in [0, 0.05) is 17.7 Å². The first kappa shape index (κ1) is 18.8. The first-order valence-corrected chi connectivity index (χ1v) is 12.6. The summed E-state index contributed by atoms with van der Waals surface area (Å²) in [5, 5.41) is 1.99. The zero-order valence-electron chi connectivity index (χ0n) is 16.9. The highest BCUT2D eigenvalue weighted by molar-refractivity contribution is 7.91. The predicted molar refractivity (Wildman–Crippen MR) is 117 cm³/mol. The van der Waals surface area contributed by atoms with Crippen molar-refractivity contribution in [2.45, 2.75) is 38.5 Å². The van der Waals surface area contributed by atoms with E-state index >= 15 is 0 Å². The van der Waals surface area contributed by atoms with E-state index in [4.69, 9.17) is 0 Å². The second kappa shape index (κ2) is 6.66. The van der Waals surface area contributed by atoms with Crippen molar-refractivity contribution in [3.63, 3.8) is 0 Å². The summed E-state index contributed by atoms with van der Waals surface area (Å²) in [6, 6.07) is 4.12. The molecular weight excluding hydrogens is 380 g/mol. The Morgan fingerprint density at radius 1 is 1.10 bits per heavy atom. The lowest BCUT2D eigenvalue weighted by molar-refractivity contribution is 0.104. The highest BCUT2D eigenvalue weighted by atomic mass is 32.2. The van der Waals surface area contributed by atoms with Crippen LogP contribution in [-0.2, 0) is 9.84 Å². The summed E-state index contributed by atoms with van der Waals surface area (Å²) >= 11 is 0. The van der Waals surface area contributed by atoms with E-state index in [1.165, 1.54) is 31.1 Å². The molecule has 1 fully saturated rings. The quantitative estimate of drug-likeness (QED) is 0.772. The first-order valence-electron chi connectivity index (χ1n) is 10.5. The summed E-state index contributed by atoms with van der Waals surface area (Å²) in [5.74, 6) is 1.44. The van der Waals surface area contributed by atoms with Crippen molar-refractivity contribution in [1.82, 2.24) is 0 Å². The van der Waals surface area contributed by atoms with E-state index in [9.17, 15) is 13.2 Å². The molecule has 0 heterocycles. The van der Waals surface area contributed by atoms with Gasteiger partial charge in [0.1, 0.15) is 0 Å². The van der Waals surface area contributed by atoms with Gasteiger partial charge in [-0.25, -0.2) is 8.42 Å². The van der Waals surface area contributed by atoms with E-state index in [0.717, 1.165) is 45.0 Å². The highest BCUT2D eigenvalue weighted by Crippen LogP contribution is 2.43. The SMILES string of the molecule is CC1C=CC(CS(C)(=O)=O)=c2ccc3c(c21)C(=O)C=C1C=CCC(CC2CC2)C=31. The molecule has 4 aliphatic carbocycles. The number of ketones is 1. The van der Waals surface area contributed by atoms with Gasteiger partial charge in [-0.05, 0) is 63.5 Å². The number of allylic oxidation sites excluding steroid dienone is 6. The van der Waals surface area contributed by atoms with Gasteiger partial charge in [-0.15, -0.1) is 0 Å². The van der Waals surface area contributed by atoms with E-state index in [2.05, 4.69) is 25.1 Å². The average molecular weight is 407 g/mol. The standard InChI is InChI=1S/C25H26O3S/c1-15-6-9-19(14-29(2,27)28)20-10-11-21-24-17(12-16-7-8-16)4-3-5-18(24)13-22(26)25(21)23(15)20/h3,5-6,9-11,13,15-17H,4,7-8,12,14H2,1-2H3. The lowest BCUT2D eigenvalue weighted by atomic mass is 9.74. The number of benzene rings is 1. The van der Waals surface area contributed by atoms with Crippen LogP contribution in [0.25, 0.3) is 11.1 Å². The Morgan fingerprint density at radius 3 is 2.59 bits per heavy atom. The molecule has 1 aromatic rings. The fourth-order valence-electron chi connectivity index (χ4n) is 5.20. The number of carbonyl (C=O) groups excluding carboxylic acids is 1. The maximum atomic E-state index is 13.2. The van der Waals surface area contributed by atoms with Crippen molar-refractivity contribution >= 4 is 26.8 Å². The Hall–Kier alpha value is -2.20. The third-order valence-electron chi connectivity index (χ3n) is 6.63. The third kappa shape index (κ3) is 3.38. The van der Waals surface area contributed by atoms with E-state index in [0.29, 0.717) is 5.92 Å². The molecule has 5 rings (SSSR count). The summed E-state index contributed by atoms with van der Waals surface area (Å²) in [6.07, 6.45) is 16.2. The summed E-state index contributed by atoms with van der Waals surface area (Å²) in [5.41, 5.74) is 4.97. The molecule has 0 radical (unpaired) electrons. The number of carbonyl (C=O) groups is 1. The second-order valence-electron chi connectivity index (χ2n) is 9.08. The van der Waals surface area contributed by atoms with Gasteiger partial charge in [0.15, 0.2) is 15.6 Å².